The Balaban J connectivity index is 3.12. The molecular weight excluding hydrogens is 215 g/mol. The van der Waals surface area contributed by atoms with Crippen LogP contribution < -0.4 is 0 Å². The molecule has 1 nitrogen and oxygen atoms in total. The Kier molecular flexibility index (Phi) is 13.2. The van der Waals surface area contributed by atoms with Crippen molar-refractivity contribution in [2.45, 2.75) is 78.1 Å². The summed E-state index contributed by atoms with van der Waals surface area (Å²) in [5.41, 5.74) is 0. The molecule has 0 aromatic carbocycles. The van der Waals surface area contributed by atoms with Crippen molar-refractivity contribution < 1.29 is 4.57 Å². The van der Waals surface area contributed by atoms with Gasteiger partial charge in [-0.3, -0.25) is 0 Å². The van der Waals surface area contributed by atoms with Gasteiger partial charge in [-0.25, -0.2) is 0 Å². The quantitative estimate of drug-likeness (QED) is 0.316. The van der Waals surface area contributed by atoms with Crippen LogP contribution in [0.3, 0.4) is 0 Å². The molecule has 0 bridgehead atoms. The van der Waals surface area contributed by atoms with Crippen molar-refractivity contribution in [1.82, 2.24) is 0 Å². The summed E-state index contributed by atoms with van der Waals surface area (Å²) in [6, 6.07) is 0. The van der Waals surface area contributed by atoms with Crippen LogP contribution in [0.15, 0.2) is 0 Å². The molecule has 16 heavy (non-hydrogen) atoms. The molecule has 96 valence electrons. The monoisotopic (exact) mass is 245 g/mol. The summed E-state index contributed by atoms with van der Waals surface area (Å²) < 4.78 is 11.7. The van der Waals surface area contributed by atoms with Crippen molar-refractivity contribution in [3.63, 3.8) is 0 Å². The lowest BCUT2D eigenvalue weighted by Gasteiger charge is -1.95. The first-order chi connectivity index (χ1) is 7.81. The minimum atomic E-state index is -0.872. The normalized spacial score (nSPS) is 10.6. The molecular formula is C14H30OP+. The summed E-state index contributed by atoms with van der Waals surface area (Å²) in [4.78, 5) is 0. The standard InChI is InChI=1S/C14H30OP/c1-3-5-7-9-11-13-16(15)14-12-10-8-6-4-2/h3-14H2,1-2H3/q+1. The molecule has 0 spiro atoms. The van der Waals surface area contributed by atoms with Crippen LogP contribution in [0.1, 0.15) is 78.1 Å². The first-order valence-electron chi connectivity index (χ1n) is 7.23. The van der Waals surface area contributed by atoms with Crippen molar-refractivity contribution in [1.29, 1.82) is 0 Å². The highest BCUT2D eigenvalue weighted by Gasteiger charge is 2.12. The summed E-state index contributed by atoms with van der Waals surface area (Å²) >= 11 is 0. The Morgan fingerprint density at radius 2 is 1.00 bits per heavy atom. The first-order valence-corrected chi connectivity index (χ1v) is 8.86. The molecule has 0 fully saturated rings. The fraction of sp³-hybridized carbons (Fsp3) is 1.00. The summed E-state index contributed by atoms with van der Waals surface area (Å²) in [7, 11) is -0.872. The average Bonchev–Trinajstić information content (AvgIpc) is 2.28. The van der Waals surface area contributed by atoms with E-state index in [0.29, 0.717) is 0 Å². The highest BCUT2D eigenvalue weighted by Crippen LogP contribution is 2.25. The number of rotatable bonds is 12. The van der Waals surface area contributed by atoms with Crippen LogP contribution in [-0.4, -0.2) is 12.3 Å². The molecule has 0 radical (unpaired) electrons. The smallest absolute Gasteiger partial charge is 0.0748 e. The van der Waals surface area contributed by atoms with E-state index in [0.717, 1.165) is 12.3 Å². The molecule has 0 saturated heterocycles. The molecule has 0 aliphatic carbocycles. The van der Waals surface area contributed by atoms with Crippen molar-refractivity contribution in [2.75, 3.05) is 12.3 Å². The summed E-state index contributed by atoms with van der Waals surface area (Å²) in [6.45, 7) is 4.47. The molecule has 0 amide bonds. The van der Waals surface area contributed by atoms with E-state index in [-0.39, 0.29) is 0 Å². The van der Waals surface area contributed by atoms with Gasteiger partial charge in [0.25, 0.3) is 0 Å². The molecule has 0 aliphatic heterocycles. The maximum absolute atomic E-state index is 11.7. The average molecular weight is 245 g/mol. The molecule has 0 aliphatic rings. The fourth-order valence-electron chi connectivity index (χ4n) is 1.90. The zero-order valence-electron chi connectivity index (χ0n) is 11.3. The molecule has 0 N–H and O–H groups in total. The van der Waals surface area contributed by atoms with Crippen LogP contribution in [0.4, 0.5) is 0 Å². The zero-order chi connectivity index (χ0) is 12.1. The van der Waals surface area contributed by atoms with E-state index in [1.54, 1.807) is 0 Å². The Bertz CT molecular complexity index is 141. The van der Waals surface area contributed by atoms with Gasteiger partial charge in [0.2, 0.25) is 0 Å². The Morgan fingerprint density at radius 1 is 0.625 bits per heavy atom. The van der Waals surface area contributed by atoms with Crippen LogP contribution in [0, 0.1) is 0 Å². The Labute approximate surface area is 103 Å². The largest absolute Gasteiger partial charge is 0.338 e. The predicted octanol–water partition coefficient (Wildman–Crippen LogP) is 5.75. The van der Waals surface area contributed by atoms with Gasteiger partial charge in [0.15, 0.2) is 0 Å². The number of unbranched alkanes of at least 4 members (excludes halogenated alkanes) is 8. The van der Waals surface area contributed by atoms with Gasteiger partial charge in [-0.2, -0.15) is 0 Å². The molecule has 0 heterocycles. The molecule has 0 rings (SSSR count). The van der Waals surface area contributed by atoms with Gasteiger partial charge in [-0.15, -0.1) is 0 Å². The second-order valence-electron chi connectivity index (χ2n) is 4.76. The minimum Gasteiger partial charge on any atom is -0.0748 e. The van der Waals surface area contributed by atoms with Crippen LogP contribution >= 0.6 is 7.80 Å². The van der Waals surface area contributed by atoms with E-state index in [1.807, 2.05) is 0 Å². The van der Waals surface area contributed by atoms with Crippen LogP contribution in [0.5, 0.6) is 0 Å². The Morgan fingerprint density at radius 3 is 1.38 bits per heavy atom. The molecule has 0 aromatic heterocycles. The third-order valence-electron chi connectivity index (χ3n) is 3.02. The fourth-order valence-corrected chi connectivity index (χ4v) is 3.27. The lowest BCUT2D eigenvalue weighted by atomic mass is 10.2. The highest BCUT2D eigenvalue weighted by atomic mass is 31.1. The van der Waals surface area contributed by atoms with E-state index < -0.39 is 7.80 Å². The lowest BCUT2D eigenvalue weighted by molar-refractivity contribution is 0.577. The SMILES string of the molecule is CCCCCCC[P+](=O)CCCCCCC. The van der Waals surface area contributed by atoms with Crippen molar-refractivity contribution in [2.24, 2.45) is 0 Å². The van der Waals surface area contributed by atoms with Crippen LogP contribution in [0.25, 0.3) is 0 Å². The van der Waals surface area contributed by atoms with E-state index >= 15 is 0 Å². The van der Waals surface area contributed by atoms with Gasteiger partial charge < -0.3 is 0 Å². The van der Waals surface area contributed by atoms with Crippen molar-refractivity contribution >= 4 is 7.80 Å². The van der Waals surface area contributed by atoms with E-state index in [9.17, 15) is 4.57 Å². The van der Waals surface area contributed by atoms with Gasteiger partial charge in [0.05, 0.1) is 0 Å². The lowest BCUT2D eigenvalue weighted by Crippen LogP contribution is -1.86. The first kappa shape index (κ1) is 16.1. The number of hydrogen-bond acceptors (Lipinski definition) is 1. The maximum atomic E-state index is 11.7. The second-order valence-corrected chi connectivity index (χ2v) is 6.62. The van der Waals surface area contributed by atoms with E-state index in [1.165, 1.54) is 64.2 Å². The van der Waals surface area contributed by atoms with Crippen molar-refractivity contribution in [3.8, 4) is 0 Å². The van der Waals surface area contributed by atoms with E-state index in [4.69, 9.17) is 0 Å². The Hall–Kier alpha value is 0.100. The highest BCUT2D eigenvalue weighted by molar-refractivity contribution is 7.44. The third kappa shape index (κ3) is 12.2. The zero-order valence-corrected chi connectivity index (χ0v) is 12.2. The minimum absolute atomic E-state index is 0.872. The summed E-state index contributed by atoms with van der Waals surface area (Å²) in [5.74, 6) is 0. The van der Waals surface area contributed by atoms with Gasteiger partial charge in [0.1, 0.15) is 12.3 Å². The van der Waals surface area contributed by atoms with Gasteiger partial charge in [0, 0.05) is 0 Å². The molecule has 2 heteroatoms. The maximum Gasteiger partial charge on any atom is 0.338 e. The van der Waals surface area contributed by atoms with Crippen LogP contribution in [-0.2, 0) is 4.57 Å². The van der Waals surface area contributed by atoms with E-state index in [2.05, 4.69) is 13.8 Å². The molecule has 0 atom stereocenters. The topological polar surface area (TPSA) is 17.1 Å². The third-order valence-corrected chi connectivity index (χ3v) is 4.65. The van der Waals surface area contributed by atoms with Crippen LogP contribution in [0.2, 0.25) is 0 Å². The van der Waals surface area contributed by atoms with Crippen molar-refractivity contribution in [3.05, 3.63) is 0 Å². The predicted molar refractivity (Wildman–Crippen MR) is 74.9 cm³/mol. The molecule has 0 aromatic rings. The van der Waals surface area contributed by atoms with Gasteiger partial charge in [-0.1, -0.05) is 56.9 Å². The molecule has 0 unspecified atom stereocenters. The summed E-state index contributed by atoms with van der Waals surface area (Å²) in [5, 5.41) is 0. The number of hydrogen-bond donors (Lipinski definition) is 0. The van der Waals surface area contributed by atoms with Gasteiger partial charge in [-0.05, 0) is 25.7 Å². The summed E-state index contributed by atoms with van der Waals surface area (Å²) in [6.07, 6.45) is 14.8. The van der Waals surface area contributed by atoms with Gasteiger partial charge >= 0.3 is 7.80 Å². The molecule has 0 saturated carbocycles. The second kappa shape index (κ2) is 13.2.